The van der Waals surface area contributed by atoms with Crippen LogP contribution in [0.2, 0.25) is 0 Å². The van der Waals surface area contributed by atoms with E-state index in [1.165, 1.54) is 0 Å². The zero-order valence-corrected chi connectivity index (χ0v) is 11.4. The Labute approximate surface area is 121 Å². The van der Waals surface area contributed by atoms with Gasteiger partial charge in [-0.15, -0.1) is 0 Å². The van der Waals surface area contributed by atoms with Crippen LogP contribution in [0, 0.1) is 0 Å². The number of thiocarbonyl (C=S) groups is 1. The topological polar surface area (TPSA) is 66.6 Å². The number of pyridine rings is 1. The van der Waals surface area contributed by atoms with Crippen molar-refractivity contribution in [3.63, 3.8) is 0 Å². The third-order valence-corrected chi connectivity index (χ3v) is 3.10. The van der Waals surface area contributed by atoms with Crippen LogP contribution in [-0.2, 0) is 6.61 Å². The molecule has 3 rings (SSSR count). The Hall–Kier alpha value is -2.34. The molecule has 1 aliphatic rings. The van der Waals surface area contributed by atoms with E-state index in [1.54, 1.807) is 18.5 Å². The number of rotatable bonds is 4. The van der Waals surface area contributed by atoms with Crippen LogP contribution >= 0.6 is 12.2 Å². The molecule has 1 aromatic heterocycles. The van der Waals surface area contributed by atoms with Crippen molar-refractivity contribution in [1.82, 2.24) is 4.98 Å². The Kier molecular flexibility index (Phi) is 3.39. The number of fused-ring (bicyclic) bond motifs is 1. The minimum absolute atomic E-state index is 0.258. The zero-order valence-electron chi connectivity index (χ0n) is 10.5. The Balaban J connectivity index is 1.75. The van der Waals surface area contributed by atoms with Crippen LogP contribution < -0.4 is 19.9 Å². The van der Waals surface area contributed by atoms with E-state index in [1.807, 2.05) is 18.2 Å². The average Bonchev–Trinajstić information content (AvgIpc) is 2.92. The molecule has 2 heterocycles. The molecule has 102 valence electrons. The first kappa shape index (κ1) is 12.7. The molecule has 0 spiro atoms. The number of aromatic nitrogens is 1. The second-order valence-electron chi connectivity index (χ2n) is 4.21. The Morgan fingerprint density at radius 1 is 1.30 bits per heavy atom. The van der Waals surface area contributed by atoms with Crippen molar-refractivity contribution < 1.29 is 14.2 Å². The summed E-state index contributed by atoms with van der Waals surface area (Å²) in [6, 6.07) is 7.40. The molecular weight excluding hydrogens is 276 g/mol. The summed E-state index contributed by atoms with van der Waals surface area (Å²) >= 11 is 4.98. The van der Waals surface area contributed by atoms with E-state index in [4.69, 9.17) is 32.2 Å². The van der Waals surface area contributed by atoms with Crippen molar-refractivity contribution in [3.05, 3.63) is 47.8 Å². The van der Waals surface area contributed by atoms with Crippen LogP contribution in [0.25, 0.3) is 0 Å². The molecule has 0 fully saturated rings. The smallest absolute Gasteiger partial charge is 0.231 e. The highest BCUT2D eigenvalue weighted by Gasteiger charge is 2.13. The summed E-state index contributed by atoms with van der Waals surface area (Å²) in [7, 11) is 0. The lowest BCUT2D eigenvalue weighted by Gasteiger charge is -2.10. The summed E-state index contributed by atoms with van der Waals surface area (Å²) in [5.41, 5.74) is 7.29. The molecule has 0 unspecified atom stereocenters. The average molecular weight is 288 g/mol. The number of benzene rings is 1. The Bertz CT molecular complexity index is 661. The van der Waals surface area contributed by atoms with Crippen molar-refractivity contribution in [2.75, 3.05) is 6.79 Å². The van der Waals surface area contributed by atoms with Crippen molar-refractivity contribution in [3.8, 4) is 17.2 Å². The molecule has 6 heteroatoms. The first-order chi connectivity index (χ1) is 9.74. The molecule has 1 aliphatic heterocycles. The van der Waals surface area contributed by atoms with Gasteiger partial charge in [-0.05, 0) is 23.8 Å². The summed E-state index contributed by atoms with van der Waals surface area (Å²) in [6.45, 7) is 0.631. The van der Waals surface area contributed by atoms with E-state index in [0.717, 1.165) is 17.1 Å². The van der Waals surface area contributed by atoms with Gasteiger partial charge in [0.1, 0.15) is 17.3 Å². The molecule has 2 aromatic rings. The fraction of sp³-hybridized carbons (Fsp3) is 0.143. The van der Waals surface area contributed by atoms with E-state index in [2.05, 4.69) is 4.98 Å². The zero-order chi connectivity index (χ0) is 13.9. The SMILES string of the molecule is NC(=S)c1ccncc1OCc1ccc2c(c1)OCO2. The quantitative estimate of drug-likeness (QED) is 0.868. The maximum absolute atomic E-state index is 5.72. The maximum Gasteiger partial charge on any atom is 0.231 e. The molecule has 0 saturated heterocycles. The monoisotopic (exact) mass is 288 g/mol. The lowest BCUT2D eigenvalue weighted by atomic mass is 10.2. The van der Waals surface area contributed by atoms with E-state index in [0.29, 0.717) is 17.9 Å². The summed E-state index contributed by atoms with van der Waals surface area (Å²) in [5.74, 6) is 2.04. The molecule has 20 heavy (non-hydrogen) atoms. The van der Waals surface area contributed by atoms with E-state index < -0.39 is 0 Å². The Morgan fingerprint density at radius 2 is 2.15 bits per heavy atom. The molecule has 0 atom stereocenters. The fourth-order valence-corrected chi connectivity index (χ4v) is 2.06. The number of ether oxygens (including phenoxy) is 3. The van der Waals surface area contributed by atoms with Gasteiger partial charge in [0, 0.05) is 6.20 Å². The lowest BCUT2D eigenvalue weighted by molar-refractivity contribution is 0.174. The number of nitrogens with zero attached hydrogens (tertiary/aromatic N) is 1. The second-order valence-corrected chi connectivity index (χ2v) is 4.65. The van der Waals surface area contributed by atoms with Crippen LogP contribution in [-0.4, -0.2) is 16.8 Å². The van der Waals surface area contributed by atoms with Gasteiger partial charge in [-0.2, -0.15) is 0 Å². The van der Waals surface area contributed by atoms with Crippen molar-refractivity contribution in [2.24, 2.45) is 5.73 Å². The van der Waals surface area contributed by atoms with Gasteiger partial charge >= 0.3 is 0 Å². The van der Waals surface area contributed by atoms with Crippen LogP contribution in [0.3, 0.4) is 0 Å². The van der Waals surface area contributed by atoms with Gasteiger partial charge in [-0.25, -0.2) is 0 Å². The molecule has 0 saturated carbocycles. The summed E-state index contributed by atoms with van der Waals surface area (Å²) in [5, 5.41) is 0. The first-order valence-corrected chi connectivity index (χ1v) is 6.40. The van der Waals surface area contributed by atoms with E-state index in [-0.39, 0.29) is 11.8 Å². The minimum atomic E-state index is 0.258. The highest BCUT2D eigenvalue weighted by Crippen LogP contribution is 2.32. The standard InChI is InChI=1S/C14H12N2O3S/c15-14(20)10-3-4-16-6-13(10)17-7-9-1-2-11-12(5-9)19-8-18-11/h1-6H,7-8H2,(H2,15,20). The van der Waals surface area contributed by atoms with Crippen LogP contribution in [0.15, 0.2) is 36.7 Å². The number of nitrogens with two attached hydrogens (primary N) is 1. The van der Waals surface area contributed by atoms with Crippen LogP contribution in [0.1, 0.15) is 11.1 Å². The van der Waals surface area contributed by atoms with Crippen molar-refractivity contribution in [1.29, 1.82) is 0 Å². The van der Waals surface area contributed by atoms with E-state index >= 15 is 0 Å². The normalized spacial score (nSPS) is 12.2. The molecule has 0 radical (unpaired) electrons. The van der Waals surface area contributed by atoms with Gasteiger partial charge in [-0.3, -0.25) is 4.98 Å². The van der Waals surface area contributed by atoms with Crippen molar-refractivity contribution >= 4 is 17.2 Å². The fourth-order valence-electron chi connectivity index (χ4n) is 1.89. The van der Waals surface area contributed by atoms with Crippen LogP contribution in [0.5, 0.6) is 17.2 Å². The van der Waals surface area contributed by atoms with Gasteiger partial charge in [0.15, 0.2) is 11.5 Å². The molecule has 2 N–H and O–H groups in total. The molecule has 0 amide bonds. The van der Waals surface area contributed by atoms with Gasteiger partial charge in [0.05, 0.1) is 11.8 Å². The number of hydrogen-bond acceptors (Lipinski definition) is 5. The van der Waals surface area contributed by atoms with Gasteiger partial charge in [-0.1, -0.05) is 18.3 Å². The lowest BCUT2D eigenvalue weighted by Crippen LogP contribution is -2.11. The van der Waals surface area contributed by atoms with Gasteiger partial charge in [0.25, 0.3) is 0 Å². The third-order valence-electron chi connectivity index (χ3n) is 2.88. The predicted octanol–water partition coefficient (Wildman–Crippen LogP) is 2.02. The molecule has 0 bridgehead atoms. The summed E-state index contributed by atoms with van der Waals surface area (Å²) in [6.07, 6.45) is 3.23. The molecule has 0 aliphatic carbocycles. The highest BCUT2D eigenvalue weighted by molar-refractivity contribution is 7.80. The molecule has 5 nitrogen and oxygen atoms in total. The van der Waals surface area contributed by atoms with Crippen LogP contribution in [0.4, 0.5) is 0 Å². The molecular formula is C14H12N2O3S. The van der Waals surface area contributed by atoms with Crippen molar-refractivity contribution in [2.45, 2.75) is 6.61 Å². The predicted molar refractivity (Wildman–Crippen MR) is 77.0 cm³/mol. The number of hydrogen-bond donors (Lipinski definition) is 1. The first-order valence-electron chi connectivity index (χ1n) is 5.99. The third kappa shape index (κ3) is 2.50. The molecule has 1 aromatic carbocycles. The van der Waals surface area contributed by atoms with Gasteiger partial charge < -0.3 is 19.9 Å². The Morgan fingerprint density at radius 3 is 3.00 bits per heavy atom. The van der Waals surface area contributed by atoms with E-state index in [9.17, 15) is 0 Å². The highest BCUT2D eigenvalue weighted by atomic mass is 32.1. The minimum Gasteiger partial charge on any atom is -0.487 e. The largest absolute Gasteiger partial charge is 0.487 e. The summed E-state index contributed by atoms with van der Waals surface area (Å²) in [4.78, 5) is 4.30. The van der Waals surface area contributed by atoms with Gasteiger partial charge in [0.2, 0.25) is 6.79 Å². The second kappa shape index (κ2) is 5.34. The maximum atomic E-state index is 5.72. The summed E-state index contributed by atoms with van der Waals surface area (Å²) < 4.78 is 16.3.